The highest BCUT2D eigenvalue weighted by Gasteiger charge is 2.31. The largest absolute Gasteiger partial charge is 0.454 e. The molecule has 2 aliphatic heterocycles. The molecular formula is C23H21N3O6S2. The number of rotatable bonds is 9. The molecule has 0 aromatic heterocycles. The van der Waals surface area contributed by atoms with Gasteiger partial charge in [-0.25, -0.2) is 0 Å². The van der Waals surface area contributed by atoms with Gasteiger partial charge in [-0.1, -0.05) is 48.6 Å². The van der Waals surface area contributed by atoms with E-state index < -0.39 is 4.92 Å². The van der Waals surface area contributed by atoms with Gasteiger partial charge in [-0.3, -0.25) is 24.6 Å². The van der Waals surface area contributed by atoms with Crippen LogP contribution >= 0.6 is 24.0 Å². The molecule has 176 valence electrons. The van der Waals surface area contributed by atoms with Crippen molar-refractivity contribution in [3.05, 3.63) is 63.0 Å². The number of nitrogens with zero attached hydrogens (tertiary/aromatic N) is 2. The van der Waals surface area contributed by atoms with Crippen LogP contribution in [0.25, 0.3) is 6.08 Å². The van der Waals surface area contributed by atoms with Gasteiger partial charge in [-0.2, -0.15) is 0 Å². The monoisotopic (exact) mass is 499 g/mol. The van der Waals surface area contributed by atoms with Crippen molar-refractivity contribution in [1.29, 1.82) is 0 Å². The van der Waals surface area contributed by atoms with Crippen LogP contribution in [-0.4, -0.2) is 39.3 Å². The van der Waals surface area contributed by atoms with Gasteiger partial charge in [-0.05, 0) is 42.7 Å². The first-order valence-electron chi connectivity index (χ1n) is 10.6. The summed E-state index contributed by atoms with van der Waals surface area (Å²) in [5.41, 5.74) is 0.873. The van der Waals surface area contributed by atoms with E-state index in [1.54, 1.807) is 29.2 Å². The minimum Gasteiger partial charge on any atom is -0.454 e. The number of unbranched alkanes of at least 4 members (excludes halogenated alkanes) is 2. The molecule has 9 nitrogen and oxygen atoms in total. The van der Waals surface area contributed by atoms with Crippen LogP contribution in [0.4, 0.5) is 11.4 Å². The van der Waals surface area contributed by atoms with Crippen molar-refractivity contribution in [2.45, 2.75) is 25.7 Å². The van der Waals surface area contributed by atoms with Crippen molar-refractivity contribution >= 4 is 57.6 Å². The van der Waals surface area contributed by atoms with Crippen LogP contribution in [0.5, 0.6) is 11.5 Å². The number of hydrogen-bond acceptors (Lipinski definition) is 8. The van der Waals surface area contributed by atoms with E-state index in [1.165, 1.54) is 23.9 Å². The van der Waals surface area contributed by atoms with Crippen molar-refractivity contribution in [3.8, 4) is 11.5 Å². The van der Waals surface area contributed by atoms with Crippen LogP contribution in [0.1, 0.15) is 31.2 Å². The maximum Gasteiger partial charge on any atom is 0.292 e. The highest BCUT2D eigenvalue weighted by Crippen LogP contribution is 2.36. The molecule has 4 rings (SSSR count). The molecule has 2 heterocycles. The van der Waals surface area contributed by atoms with E-state index >= 15 is 0 Å². The average molecular weight is 500 g/mol. The van der Waals surface area contributed by atoms with Crippen molar-refractivity contribution in [1.82, 2.24) is 4.90 Å². The molecule has 1 fully saturated rings. The second-order valence-electron chi connectivity index (χ2n) is 7.58. The highest BCUT2D eigenvalue weighted by atomic mass is 32.2. The lowest BCUT2D eigenvalue weighted by molar-refractivity contribution is -0.383. The number of fused-ring (bicyclic) bond motifs is 1. The van der Waals surface area contributed by atoms with Gasteiger partial charge in [0.25, 0.3) is 11.6 Å². The molecular weight excluding hydrogens is 478 g/mol. The molecule has 2 aromatic rings. The Kier molecular flexibility index (Phi) is 7.43. The van der Waals surface area contributed by atoms with Crippen LogP contribution in [0.3, 0.4) is 0 Å². The molecule has 2 amide bonds. The third-order valence-electron chi connectivity index (χ3n) is 5.23. The molecule has 0 saturated carbocycles. The number of amides is 2. The number of thiocarbonyl (C=S) groups is 1. The number of carbonyl (C=O) groups excluding carboxylic acids is 2. The van der Waals surface area contributed by atoms with Gasteiger partial charge < -0.3 is 14.8 Å². The maximum absolute atomic E-state index is 12.8. The van der Waals surface area contributed by atoms with Gasteiger partial charge in [-0.15, -0.1) is 0 Å². The van der Waals surface area contributed by atoms with Crippen LogP contribution in [0.2, 0.25) is 0 Å². The van der Waals surface area contributed by atoms with Crippen molar-refractivity contribution in [2.75, 3.05) is 18.7 Å². The van der Waals surface area contributed by atoms with Crippen LogP contribution in [-0.2, 0) is 9.59 Å². The second kappa shape index (κ2) is 10.7. The molecule has 34 heavy (non-hydrogen) atoms. The topological polar surface area (TPSA) is 111 Å². The van der Waals surface area contributed by atoms with E-state index in [0.717, 1.165) is 5.56 Å². The fourth-order valence-corrected chi connectivity index (χ4v) is 4.84. The average Bonchev–Trinajstić information content (AvgIpc) is 3.38. The minimum absolute atomic E-state index is 0.137. The van der Waals surface area contributed by atoms with E-state index in [0.29, 0.717) is 46.5 Å². The Morgan fingerprint density at radius 3 is 2.79 bits per heavy atom. The van der Waals surface area contributed by atoms with E-state index in [1.807, 2.05) is 12.1 Å². The molecule has 1 N–H and O–H groups in total. The van der Waals surface area contributed by atoms with Crippen molar-refractivity contribution in [2.24, 2.45) is 0 Å². The number of anilines is 1. The van der Waals surface area contributed by atoms with Crippen molar-refractivity contribution < 1.29 is 24.0 Å². The third kappa shape index (κ3) is 5.54. The number of ether oxygens (including phenoxy) is 2. The standard InChI is InChI=1S/C23H21N3O6S2/c27-21(24-16-6-3-4-7-17(16)26(29)30)8-2-1-5-11-25-22(28)20(34-23(25)33)13-15-9-10-18-19(12-15)32-14-31-18/h3-4,6-7,9-10,12-13H,1-2,5,8,11,14H2,(H,24,27). The zero-order valence-electron chi connectivity index (χ0n) is 18.0. The highest BCUT2D eigenvalue weighted by molar-refractivity contribution is 8.26. The lowest BCUT2D eigenvalue weighted by Gasteiger charge is -2.14. The maximum atomic E-state index is 12.8. The number of nitro benzene ring substituents is 1. The molecule has 1 saturated heterocycles. The number of hydrogen-bond donors (Lipinski definition) is 1. The van der Waals surface area contributed by atoms with Gasteiger partial charge in [0.05, 0.1) is 9.83 Å². The summed E-state index contributed by atoms with van der Waals surface area (Å²) in [6, 6.07) is 11.5. The van der Waals surface area contributed by atoms with E-state index in [-0.39, 0.29) is 36.4 Å². The Bertz CT molecular complexity index is 1180. The molecule has 2 aromatic carbocycles. The predicted molar refractivity (Wildman–Crippen MR) is 133 cm³/mol. The Balaban J connectivity index is 1.23. The first-order chi connectivity index (χ1) is 16.4. The van der Waals surface area contributed by atoms with Crippen LogP contribution < -0.4 is 14.8 Å². The molecule has 0 spiro atoms. The SMILES string of the molecule is O=C(CCCCCN1C(=O)C(=Cc2ccc3c(c2)OCO3)SC1=S)Nc1ccccc1[N+](=O)[O-]. The van der Waals surface area contributed by atoms with E-state index in [4.69, 9.17) is 21.7 Å². The van der Waals surface area contributed by atoms with Gasteiger partial charge in [0.1, 0.15) is 10.0 Å². The van der Waals surface area contributed by atoms with Gasteiger partial charge in [0.15, 0.2) is 11.5 Å². The Morgan fingerprint density at radius 1 is 1.18 bits per heavy atom. The quantitative estimate of drug-likeness (QED) is 0.173. The molecule has 11 heteroatoms. The molecule has 0 radical (unpaired) electrons. The number of thioether (sulfide) groups is 1. The number of benzene rings is 2. The summed E-state index contributed by atoms with van der Waals surface area (Å²) in [5, 5.41) is 13.6. The summed E-state index contributed by atoms with van der Waals surface area (Å²) >= 11 is 6.64. The van der Waals surface area contributed by atoms with Gasteiger partial charge in [0.2, 0.25) is 12.7 Å². The predicted octanol–water partition coefficient (Wildman–Crippen LogP) is 4.72. The Morgan fingerprint density at radius 2 is 1.97 bits per heavy atom. The second-order valence-corrected chi connectivity index (χ2v) is 9.25. The van der Waals surface area contributed by atoms with Gasteiger partial charge in [0, 0.05) is 19.0 Å². The summed E-state index contributed by atoms with van der Waals surface area (Å²) in [6.07, 6.45) is 4.00. The fraction of sp³-hybridized carbons (Fsp3) is 0.261. The minimum atomic E-state index is -0.529. The summed E-state index contributed by atoms with van der Waals surface area (Å²) < 4.78 is 11.2. The van der Waals surface area contributed by atoms with E-state index in [9.17, 15) is 19.7 Å². The lowest BCUT2D eigenvalue weighted by Crippen LogP contribution is -2.29. The lowest BCUT2D eigenvalue weighted by atomic mass is 10.1. The van der Waals surface area contributed by atoms with E-state index in [2.05, 4.69) is 5.32 Å². The summed E-state index contributed by atoms with van der Waals surface area (Å²) in [4.78, 5) is 37.6. The number of nitrogens with one attached hydrogen (secondary N) is 1. The zero-order valence-corrected chi connectivity index (χ0v) is 19.7. The summed E-state index contributed by atoms with van der Waals surface area (Å²) in [7, 11) is 0. The smallest absolute Gasteiger partial charge is 0.292 e. The Hall–Kier alpha value is -3.44. The normalized spacial score (nSPS) is 15.8. The van der Waals surface area contributed by atoms with Crippen LogP contribution in [0.15, 0.2) is 47.4 Å². The summed E-state index contributed by atoms with van der Waals surface area (Å²) in [6.45, 7) is 0.656. The number of nitro groups is 1. The Labute approximate surface area is 205 Å². The summed E-state index contributed by atoms with van der Waals surface area (Å²) in [5.74, 6) is 0.906. The molecule has 0 bridgehead atoms. The molecule has 2 aliphatic rings. The fourth-order valence-electron chi connectivity index (χ4n) is 3.53. The first kappa shape index (κ1) is 23.7. The number of carbonyl (C=O) groups is 2. The molecule has 0 unspecified atom stereocenters. The zero-order chi connectivity index (χ0) is 24.1. The third-order valence-corrected chi connectivity index (χ3v) is 6.61. The van der Waals surface area contributed by atoms with Crippen molar-refractivity contribution in [3.63, 3.8) is 0 Å². The first-order valence-corrected chi connectivity index (χ1v) is 11.8. The van der Waals surface area contributed by atoms with Gasteiger partial charge >= 0.3 is 0 Å². The molecule has 0 aliphatic carbocycles. The number of para-hydroxylation sites is 2. The molecule has 0 atom stereocenters. The van der Waals surface area contributed by atoms with Crippen LogP contribution in [0, 0.1) is 10.1 Å².